The highest BCUT2D eigenvalue weighted by Crippen LogP contribution is 2.38. The van der Waals surface area contributed by atoms with Crippen LogP contribution in [0.5, 0.6) is 5.75 Å². The lowest BCUT2D eigenvalue weighted by Gasteiger charge is -2.38. The first kappa shape index (κ1) is 17.4. The Hall–Kier alpha value is -1.44. The minimum atomic E-state index is -3.57. The lowest BCUT2D eigenvalue weighted by molar-refractivity contribution is -0.0533. The molecule has 1 spiro atoms. The van der Waals surface area contributed by atoms with Crippen LogP contribution in [0.1, 0.15) is 33.1 Å². The molecule has 0 N–H and O–H groups in total. The molecule has 0 radical (unpaired) electrons. The predicted molar refractivity (Wildman–Crippen MR) is 91.6 cm³/mol. The molecule has 0 aliphatic carbocycles. The minimum Gasteiger partial charge on any atom is -0.593 e. The number of rotatable bonds is 4. The number of benzene rings is 1. The first-order valence-electron chi connectivity index (χ1n) is 8.25. The Morgan fingerprint density at radius 3 is 2.92 bits per heavy atom. The Bertz CT molecular complexity index is 691. The van der Waals surface area contributed by atoms with E-state index in [-0.39, 0.29) is 4.90 Å². The van der Waals surface area contributed by atoms with Gasteiger partial charge in [-0.05, 0) is 30.9 Å². The highest BCUT2D eigenvalue weighted by molar-refractivity contribution is 7.95. The average Bonchev–Trinajstić information content (AvgIpc) is 2.98. The molecular formula is C17H24N2O4S. The monoisotopic (exact) mass is 352 g/mol. The summed E-state index contributed by atoms with van der Waals surface area (Å²) in [6, 6.07) is 6.59. The predicted octanol–water partition coefficient (Wildman–Crippen LogP) is 2.87. The molecule has 2 aliphatic rings. The number of methoxy groups -OCH3 is 1. The van der Waals surface area contributed by atoms with Crippen LogP contribution in [0.2, 0.25) is 0 Å². The summed E-state index contributed by atoms with van der Waals surface area (Å²) in [6.45, 7) is 5.00. The van der Waals surface area contributed by atoms with Crippen molar-refractivity contribution in [3.8, 4) is 5.75 Å². The van der Waals surface area contributed by atoms with Gasteiger partial charge in [-0.25, -0.2) is 0 Å². The van der Waals surface area contributed by atoms with Gasteiger partial charge in [-0.2, -0.15) is 0 Å². The van der Waals surface area contributed by atoms with Crippen molar-refractivity contribution in [2.45, 2.75) is 43.6 Å². The summed E-state index contributed by atoms with van der Waals surface area (Å²) in [7, 11) is -2.05. The second kappa shape index (κ2) is 6.46. The summed E-state index contributed by atoms with van der Waals surface area (Å²) in [5.41, 5.74) is 0.500. The van der Waals surface area contributed by atoms with E-state index in [2.05, 4.69) is 19.0 Å². The topological polar surface area (TPSA) is 74.2 Å². The molecule has 1 saturated heterocycles. The molecule has 2 unspecified atom stereocenters. The molecule has 24 heavy (non-hydrogen) atoms. The van der Waals surface area contributed by atoms with Gasteiger partial charge in [-0.15, -0.1) is 4.31 Å². The Morgan fingerprint density at radius 2 is 2.25 bits per heavy atom. The van der Waals surface area contributed by atoms with E-state index < -0.39 is 16.0 Å². The molecule has 1 aromatic carbocycles. The molecule has 2 atom stereocenters. The van der Waals surface area contributed by atoms with E-state index in [1.807, 2.05) is 0 Å². The summed E-state index contributed by atoms with van der Waals surface area (Å²) in [5.74, 6) is 0.847. The molecule has 3 rings (SSSR count). The molecule has 132 valence electrons. The molecule has 1 aromatic rings. The van der Waals surface area contributed by atoms with E-state index >= 15 is 0 Å². The van der Waals surface area contributed by atoms with Crippen molar-refractivity contribution >= 4 is 16.1 Å². The Kier molecular flexibility index (Phi) is 4.68. The van der Waals surface area contributed by atoms with E-state index in [0.717, 1.165) is 18.6 Å². The third kappa shape index (κ3) is 3.20. The number of nitrogens with zero attached hydrogens (tertiary/aromatic N) is 2. The van der Waals surface area contributed by atoms with Gasteiger partial charge in [0.15, 0.2) is 20.9 Å². The van der Waals surface area contributed by atoms with Gasteiger partial charge < -0.3 is 14.1 Å². The van der Waals surface area contributed by atoms with Crippen molar-refractivity contribution in [1.82, 2.24) is 4.31 Å². The molecular weight excluding hydrogens is 328 g/mol. The standard InChI is InChI=1S/C17H24N2O4S/c1-13(2)16-11-17(23-18-16)8-5-9-19(12-17)24(20,21)15-7-4-6-14(10-15)22-3/h4,6-7,10,13H,5,8-9,11-12H2,1-3H3. The largest absolute Gasteiger partial charge is 0.593 e. The molecule has 0 saturated carbocycles. The number of hydrogen-bond acceptors (Lipinski definition) is 5. The van der Waals surface area contributed by atoms with Crippen molar-refractivity contribution in [1.29, 1.82) is 0 Å². The van der Waals surface area contributed by atoms with Crippen molar-refractivity contribution < 1.29 is 18.3 Å². The van der Waals surface area contributed by atoms with E-state index in [1.165, 1.54) is 11.4 Å². The SMILES string of the molecule is COc1cccc([S+](=O)([O-])N2CCCC3(CC(C(C)C)=NO3)C2)c1. The summed E-state index contributed by atoms with van der Waals surface area (Å²) in [5, 5.41) is 4.20. The van der Waals surface area contributed by atoms with E-state index in [0.29, 0.717) is 31.2 Å². The van der Waals surface area contributed by atoms with Crippen LogP contribution in [0.4, 0.5) is 0 Å². The van der Waals surface area contributed by atoms with Crippen LogP contribution < -0.4 is 4.74 Å². The molecule has 1 fully saturated rings. The van der Waals surface area contributed by atoms with Crippen LogP contribution in [0, 0.1) is 5.92 Å². The van der Waals surface area contributed by atoms with Gasteiger partial charge >= 0.3 is 0 Å². The highest BCUT2D eigenvalue weighted by Gasteiger charge is 2.48. The normalized spacial score (nSPS) is 27.0. The van der Waals surface area contributed by atoms with Crippen LogP contribution in [0.15, 0.2) is 34.3 Å². The maximum absolute atomic E-state index is 13.0. The lowest BCUT2D eigenvalue weighted by atomic mass is 9.87. The molecule has 0 bridgehead atoms. The van der Waals surface area contributed by atoms with E-state index in [1.54, 1.807) is 24.3 Å². The fourth-order valence-electron chi connectivity index (χ4n) is 3.25. The molecule has 0 aromatic heterocycles. The van der Waals surface area contributed by atoms with Crippen LogP contribution in [0.3, 0.4) is 0 Å². The van der Waals surface area contributed by atoms with Crippen molar-refractivity contribution in [3.05, 3.63) is 24.3 Å². The van der Waals surface area contributed by atoms with Crippen LogP contribution >= 0.6 is 0 Å². The third-order valence-electron chi connectivity index (χ3n) is 4.71. The maximum atomic E-state index is 13.0. The first-order chi connectivity index (χ1) is 11.4. The van der Waals surface area contributed by atoms with Gasteiger partial charge in [-0.3, -0.25) is 0 Å². The number of piperidine rings is 1. The summed E-state index contributed by atoms with van der Waals surface area (Å²) in [6.07, 6.45) is 2.30. The zero-order valence-corrected chi connectivity index (χ0v) is 15.2. The van der Waals surface area contributed by atoms with Gasteiger partial charge in [-0.1, -0.05) is 29.3 Å². The fourth-order valence-corrected chi connectivity index (χ4v) is 4.84. The summed E-state index contributed by atoms with van der Waals surface area (Å²) >= 11 is 0. The van der Waals surface area contributed by atoms with Gasteiger partial charge in [0.05, 0.1) is 19.4 Å². The van der Waals surface area contributed by atoms with Gasteiger partial charge in [0.2, 0.25) is 0 Å². The smallest absolute Gasteiger partial charge is 0.179 e. The minimum absolute atomic E-state index is 0.252. The molecule has 2 heterocycles. The van der Waals surface area contributed by atoms with Crippen molar-refractivity contribution in [2.75, 3.05) is 20.2 Å². The Balaban J connectivity index is 1.80. The summed E-state index contributed by atoms with van der Waals surface area (Å²) < 4.78 is 32.6. The Labute approximate surface area is 144 Å². The average molecular weight is 352 g/mol. The molecule has 6 nitrogen and oxygen atoms in total. The van der Waals surface area contributed by atoms with Gasteiger partial charge in [0.1, 0.15) is 5.75 Å². The van der Waals surface area contributed by atoms with E-state index in [4.69, 9.17) is 9.57 Å². The van der Waals surface area contributed by atoms with Crippen molar-refractivity contribution in [3.63, 3.8) is 0 Å². The van der Waals surface area contributed by atoms with Crippen molar-refractivity contribution in [2.24, 2.45) is 11.1 Å². The second-order valence-corrected chi connectivity index (χ2v) is 8.75. The molecule has 7 heteroatoms. The highest BCUT2D eigenvalue weighted by atomic mass is 32.3. The number of hydrogen-bond donors (Lipinski definition) is 0. The van der Waals surface area contributed by atoms with Crippen LogP contribution in [-0.2, 0) is 19.4 Å². The number of ether oxygens (including phenoxy) is 1. The second-order valence-electron chi connectivity index (χ2n) is 6.81. The lowest BCUT2D eigenvalue weighted by Crippen LogP contribution is -2.52. The quantitative estimate of drug-likeness (QED) is 0.781. The van der Waals surface area contributed by atoms with Gasteiger partial charge in [0.25, 0.3) is 0 Å². The molecule has 2 aliphatic heterocycles. The van der Waals surface area contributed by atoms with Crippen LogP contribution in [-0.4, -0.2) is 40.4 Å². The fraction of sp³-hybridized carbons (Fsp3) is 0.588. The number of oxime groups is 1. The van der Waals surface area contributed by atoms with Crippen LogP contribution in [0.25, 0.3) is 0 Å². The zero-order chi connectivity index (χ0) is 17.4. The van der Waals surface area contributed by atoms with Gasteiger partial charge in [0, 0.05) is 19.0 Å². The number of sulfonamides is 1. The maximum Gasteiger partial charge on any atom is 0.179 e. The van der Waals surface area contributed by atoms with E-state index in [9.17, 15) is 8.76 Å². The first-order valence-corrected chi connectivity index (χ1v) is 9.69. The molecule has 0 amide bonds. The zero-order valence-electron chi connectivity index (χ0n) is 14.4. The summed E-state index contributed by atoms with van der Waals surface area (Å²) in [4.78, 5) is 5.97. The third-order valence-corrected chi connectivity index (χ3v) is 6.55. The Morgan fingerprint density at radius 1 is 1.46 bits per heavy atom.